The quantitative estimate of drug-likeness (QED) is 0.567. The predicted octanol–water partition coefficient (Wildman–Crippen LogP) is 3.32. The summed E-state index contributed by atoms with van der Waals surface area (Å²) in [6, 6.07) is 19.9. The molecule has 5 rings (SSSR count). The third-order valence-electron chi connectivity index (χ3n) is 5.48. The minimum Gasteiger partial charge on any atom is -0.391 e. The number of likely N-dealkylation sites (tertiary alicyclic amines) is 1. The second-order valence-corrected chi connectivity index (χ2v) is 7.61. The number of β-amino-alcohol motifs (C(OH)–C–C–N with tert-alkyl or cyclic N) is 1. The number of nitrogens with zero attached hydrogens (tertiary/aromatic N) is 4. The van der Waals surface area contributed by atoms with Crippen molar-refractivity contribution in [2.24, 2.45) is 5.92 Å². The molecule has 0 amide bonds. The van der Waals surface area contributed by atoms with E-state index in [-0.39, 0.29) is 12.0 Å². The Kier molecular flexibility index (Phi) is 4.79. The largest absolute Gasteiger partial charge is 0.391 e. The Balaban J connectivity index is 1.24. The van der Waals surface area contributed by atoms with Gasteiger partial charge in [0.1, 0.15) is 5.69 Å². The van der Waals surface area contributed by atoms with E-state index in [1.807, 2.05) is 42.5 Å². The highest BCUT2D eigenvalue weighted by atomic mass is 16.5. The van der Waals surface area contributed by atoms with Crippen LogP contribution in [-0.4, -0.2) is 44.3 Å². The number of aliphatic hydroxyl groups is 1. The van der Waals surface area contributed by atoms with Crippen LogP contribution in [0.1, 0.15) is 11.5 Å². The molecule has 6 nitrogen and oxygen atoms in total. The maximum Gasteiger partial charge on any atom is 0.151 e. The summed E-state index contributed by atoms with van der Waals surface area (Å²) < 4.78 is 5.49. The van der Waals surface area contributed by atoms with Crippen LogP contribution >= 0.6 is 0 Å². The lowest BCUT2D eigenvalue weighted by Crippen LogP contribution is -2.21. The lowest BCUT2D eigenvalue weighted by molar-refractivity contribution is 0.139. The molecule has 4 aromatic rings. The van der Waals surface area contributed by atoms with Crippen LogP contribution in [0.15, 0.2) is 71.4 Å². The minimum atomic E-state index is -0.374. The van der Waals surface area contributed by atoms with E-state index in [1.165, 1.54) is 0 Å². The smallest absolute Gasteiger partial charge is 0.151 e. The number of hydrogen-bond acceptors (Lipinski definition) is 6. The molecule has 0 aliphatic carbocycles. The normalized spacial score (nSPS) is 19.8. The average Bonchev–Trinajstić information content (AvgIpc) is 3.35. The number of aromatic nitrogens is 3. The van der Waals surface area contributed by atoms with Gasteiger partial charge in [-0.3, -0.25) is 14.9 Å². The molecule has 0 radical (unpaired) electrons. The zero-order chi connectivity index (χ0) is 19.6. The van der Waals surface area contributed by atoms with E-state index in [0.717, 1.165) is 46.7 Å². The Morgan fingerprint density at radius 2 is 1.90 bits per heavy atom. The summed E-state index contributed by atoms with van der Waals surface area (Å²) >= 11 is 0. The summed E-state index contributed by atoms with van der Waals surface area (Å²) in [5.74, 6) is 0.934. The van der Waals surface area contributed by atoms with Crippen molar-refractivity contribution in [1.82, 2.24) is 20.0 Å². The summed E-state index contributed by atoms with van der Waals surface area (Å²) in [7, 11) is 0. The van der Waals surface area contributed by atoms with Gasteiger partial charge in [0.15, 0.2) is 5.76 Å². The molecule has 2 atom stereocenters. The summed E-state index contributed by atoms with van der Waals surface area (Å²) in [5, 5.41) is 15.8. The molecular formula is C23H22N4O2. The molecule has 1 aliphatic heterocycles. The third-order valence-corrected chi connectivity index (χ3v) is 5.48. The first-order valence-electron chi connectivity index (χ1n) is 9.87. The molecule has 29 heavy (non-hydrogen) atoms. The van der Waals surface area contributed by atoms with E-state index in [0.29, 0.717) is 13.1 Å². The summed E-state index contributed by atoms with van der Waals surface area (Å²) in [6.45, 7) is 2.05. The highest BCUT2D eigenvalue weighted by Gasteiger charge is 2.32. The molecule has 1 fully saturated rings. The Hall–Kier alpha value is -3.09. The maximum absolute atomic E-state index is 10.6. The van der Waals surface area contributed by atoms with Gasteiger partial charge in [-0.05, 0) is 30.7 Å². The molecule has 1 aromatic carbocycles. The Morgan fingerprint density at radius 1 is 1.00 bits per heavy atom. The molecule has 1 saturated heterocycles. The van der Waals surface area contributed by atoms with Gasteiger partial charge in [-0.25, -0.2) is 0 Å². The van der Waals surface area contributed by atoms with Crippen LogP contribution in [0.3, 0.4) is 0 Å². The lowest BCUT2D eigenvalue weighted by Gasteiger charge is -2.14. The van der Waals surface area contributed by atoms with Crippen LogP contribution < -0.4 is 0 Å². The van der Waals surface area contributed by atoms with Gasteiger partial charge in [-0.15, -0.1) is 0 Å². The van der Waals surface area contributed by atoms with Gasteiger partial charge < -0.3 is 9.63 Å². The van der Waals surface area contributed by atoms with E-state index in [2.05, 4.69) is 33.2 Å². The van der Waals surface area contributed by atoms with Crippen LogP contribution in [0.2, 0.25) is 0 Å². The Morgan fingerprint density at radius 3 is 2.79 bits per heavy atom. The first-order valence-corrected chi connectivity index (χ1v) is 9.87. The fourth-order valence-electron chi connectivity index (χ4n) is 4.00. The van der Waals surface area contributed by atoms with E-state index < -0.39 is 0 Å². The lowest BCUT2D eigenvalue weighted by atomic mass is 9.99. The zero-order valence-electron chi connectivity index (χ0n) is 16.0. The van der Waals surface area contributed by atoms with E-state index in [4.69, 9.17) is 9.51 Å². The van der Waals surface area contributed by atoms with Crippen molar-refractivity contribution in [3.8, 4) is 11.4 Å². The number of para-hydroxylation sites is 1. The van der Waals surface area contributed by atoms with Crippen LogP contribution in [0.4, 0.5) is 0 Å². The molecule has 0 spiro atoms. The van der Waals surface area contributed by atoms with Gasteiger partial charge in [0.05, 0.1) is 23.9 Å². The van der Waals surface area contributed by atoms with Gasteiger partial charge in [0.2, 0.25) is 0 Å². The number of benzene rings is 1. The molecule has 6 heteroatoms. The number of rotatable bonds is 5. The van der Waals surface area contributed by atoms with E-state index in [1.54, 1.807) is 6.20 Å². The standard InChI is InChI=1S/C23H22N4O2/c28-23-15-27(14-19-12-22(26-29-19)21-7-3-4-10-24-21)13-17(23)11-18-9-8-16-5-1-2-6-20(16)25-18/h1-10,12,17,23,28H,11,13-15H2/t17-,23-/m1/s1. The molecule has 3 aromatic heterocycles. The van der Waals surface area contributed by atoms with Crippen LogP contribution in [0.5, 0.6) is 0 Å². The number of aliphatic hydroxyl groups excluding tert-OH is 1. The molecule has 0 unspecified atom stereocenters. The number of hydrogen-bond donors (Lipinski definition) is 1. The summed E-state index contributed by atoms with van der Waals surface area (Å²) in [4.78, 5) is 11.3. The molecule has 4 heterocycles. The van der Waals surface area contributed by atoms with Crippen LogP contribution in [0, 0.1) is 5.92 Å². The van der Waals surface area contributed by atoms with Crippen molar-refractivity contribution in [2.45, 2.75) is 19.1 Å². The predicted molar refractivity (Wildman–Crippen MR) is 110 cm³/mol. The molecule has 1 N–H and O–H groups in total. The van der Waals surface area contributed by atoms with Gasteiger partial charge >= 0.3 is 0 Å². The minimum absolute atomic E-state index is 0.154. The van der Waals surface area contributed by atoms with Gasteiger partial charge in [0.25, 0.3) is 0 Å². The van der Waals surface area contributed by atoms with Crippen molar-refractivity contribution in [3.63, 3.8) is 0 Å². The first-order chi connectivity index (χ1) is 14.2. The first kappa shape index (κ1) is 18.0. The van der Waals surface area contributed by atoms with Crippen molar-refractivity contribution in [2.75, 3.05) is 13.1 Å². The fraction of sp³-hybridized carbons (Fsp3) is 0.261. The SMILES string of the molecule is O[C@@H]1CN(Cc2cc(-c3ccccn3)no2)C[C@H]1Cc1ccc2ccccc2n1. The third kappa shape index (κ3) is 3.90. The maximum atomic E-state index is 10.6. The van der Waals surface area contributed by atoms with Gasteiger partial charge in [0, 0.05) is 42.4 Å². The Bertz CT molecular complexity index is 1110. The zero-order valence-corrected chi connectivity index (χ0v) is 16.0. The highest BCUT2D eigenvalue weighted by Crippen LogP contribution is 2.25. The van der Waals surface area contributed by atoms with E-state index in [9.17, 15) is 5.11 Å². The molecule has 1 aliphatic rings. The van der Waals surface area contributed by atoms with Crippen LogP contribution in [-0.2, 0) is 13.0 Å². The molecule has 0 bridgehead atoms. The Labute approximate surface area is 168 Å². The van der Waals surface area contributed by atoms with Crippen molar-refractivity contribution in [1.29, 1.82) is 0 Å². The van der Waals surface area contributed by atoms with Crippen molar-refractivity contribution >= 4 is 10.9 Å². The second-order valence-electron chi connectivity index (χ2n) is 7.61. The molecular weight excluding hydrogens is 364 g/mol. The average molecular weight is 386 g/mol. The van der Waals surface area contributed by atoms with Gasteiger partial charge in [-0.1, -0.05) is 35.5 Å². The van der Waals surface area contributed by atoms with Crippen molar-refractivity contribution in [3.05, 3.63) is 78.3 Å². The highest BCUT2D eigenvalue weighted by molar-refractivity contribution is 5.78. The van der Waals surface area contributed by atoms with Gasteiger partial charge in [-0.2, -0.15) is 0 Å². The van der Waals surface area contributed by atoms with Crippen LogP contribution in [0.25, 0.3) is 22.3 Å². The number of pyridine rings is 2. The van der Waals surface area contributed by atoms with E-state index >= 15 is 0 Å². The fourth-order valence-corrected chi connectivity index (χ4v) is 4.00. The monoisotopic (exact) mass is 386 g/mol. The summed E-state index contributed by atoms with van der Waals surface area (Å²) in [6.07, 6.45) is 2.13. The second kappa shape index (κ2) is 7.73. The van der Waals surface area contributed by atoms with Crippen molar-refractivity contribution < 1.29 is 9.63 Å². The number of fused-ring (bicyclic) bond motifs is 1. The topological polar surface area (TPSA) is 75.3 Å². The molecule has 0 saturated carbocycles. The summed E-state index contributed by atoms with van der Waals surface area (Å²) in [5.41, 5.74) is 3.55. The molecule has 146 valence electrons.